The second-order valence-corrected chi connectivity index (χ2v) is 7.18. The van der Waals surface area contributed by atoms with Crippen molar-refractivity contribution < 1.29 is 31.9 Å². The van der Waals surface area contributed by atoms with Crippen LogP contribution in [0.3, 0.4) is 0 Å². The van der Waals surface area contributed by atoms with Crippen LogP contribution >= 0.6 is 11.6 Å². The van der Waals surface area contributed by atoms with Crippen molar-refractivity contribution in [1.29, 1.82) is 0 Å². The number of aromatic nitrogens is 3. The van der Waals surface area contributed by atoms with Gasteiger partial charge in [-0.05, 0) is 31.2 Å². The van der Waals surface area contributed by atoms with Crippen molar-refractivity contribution in [3.63, 3.8) is 0 Å². The molecule has 0 aliphatic carbocycles. The first-order valence-electron chi connectivity index (χ1n) is 9.20. The van der Waals surface area contributed by atoms with Gasteiger partial charge in [-0.25, -0.2) is 14.3 Å². The Bertz CT molecular complexity index is 1330. The van der Waals surface area contributed by atoms with Crippen LogP contribution in [0, 0.1) is 0 Å². The van der Waals surface area contributed by atoms with Gasteiger partial charge in [0.1, 0.15) is 22.5 Å². The number of rotatable bonds is 5. The number of esters is 1. The molecule has 0 aliphatic heterocycles. The van der Waals surface area contributed by atoms with Gasteiger partial charge in [-0.15, -0.1) is 0 Å². The fraction of sp³-hybridized carbons (Fsp3) is 0.200. The van der Waals surface area contributed by atoms with E-state index < -0.39 is 24.2 Å². The highest BCUT2D eigenvalue weighted by Crippen LogP contribution is 2.31. The third kappa shape index (κ3) is 4.11. The van der Waals surface area contributed by atoms with E-state index in [0.29, 0.717) is 11.0 Å². The number of nitrogens with zero attached hydrogens (tertiary/aromatic N) is 3. The Labute approximate surface area is 182 Å². The number of furan rings is 1. The summed E-state index contributed by atoms with van der Waals surface area (Å²) in [4.78, 5) is 28.9. The van der Waals surface area contributed by atoms with Gasteiger partial charge in [0.2, 0.25) is 0 Å². The molecule has 1 unspecified atom stereocenters. The van der Waals surface area contributed by atoms with E-state index in [-0.39, 0.29) is 34.0 Å². The Morgan fingerprint density at radius 1 is 1.31 bits per heavy atom. The average Bonchev–Trinajstić information content (AvgIpc) is 3.36. The van der Waals surface area contributed by atoms with E-state index in [9.17, 15) is 22.8 Å². The number of fused-ring (bicyclic) bond motifs is 2. The Morgan fingerprint density at radius 2 is 2.09 bits per heavy atom. The zero-order chi connectivity index (χ0) is 23.0. The summed E-state index contributed by atoms with van der Waals surface area (Å²) < 4.78 is 49.7. The zero-order valence-electron chi connectivity index (χ0n) is 16.3. The number of benzene rings is 1. The van der Waals surface area contributed by atoms with Gasteiger partial charge in [0.05, 0.1) is 17.8 Å². The standard InChI is InChI=1S/C20H14ClF3N4O4/c1-10(20(22,23)24)31-19(30)12-3-4-15(21)13-7-11(32-16(12)13)8-26-18(29)14-9-27-28-6-2-5-25-17(14)28/h2-7,9-10H,8H2,1H3,(H,26,29). The normalized spacial score (nSPS) is 12.8. The third-order valence-corrected chi connectivity index (χ3v) is 4.92. The summed E-state index contributed by atoms with van der Waals surface area (Å²) in [7, 11) is 0. The van der Waals surface area contributed by atoms with Gasteiger partial charge >= 0.3 is 12.1 Å². The Morgan fingerprint density at radius 3 is 2.84 bits per heavy atom. The molecule has 4 aromatic rings. The van der Waals surface area contributed by atoms with Gasteiger partial charge in [0.15, 0.2) is 11.8 Å². The van der Waals surface area contributed by atoms with Crippen molar-refractivity contribution >= 4 is 40.1 Å². The summed E-state index contributed by atoms with van der Waals surface area (Å²) in [5.41, 5.74) is 0.343. The van der Waals surface area contributed by atoms with Crippen molar-refractivity contribution in [2.75, 3.05) is 0 Å². The maximum atomic E-state index is 12.7. The number of hydrogen-bond donors (Lipinski definition) is 1. The number of amides is 1. The smallest absolute Gasteiger partial charge is 0.425 e. The number of carbonyl (C=O) groups is 2. The van der Waals surface area contributed by atoms with Gasteiger partial charge < -0.3 is 14.5 Å². The van der Waals surface area contributed by atoms with E-state index in [0.717, 1.165) is 6.92 Å². The Balaban J connectivity index is 1.55. The molecule has 0 radical (unpaired) electrons. The molecule has 1 amide bonds. The highest BCUT2D eigenvalue weighted by Gasteiger charge is 2.39. The fourth-order valence-corrected chi connectivity index (χ4v) is 3.13. The lowest BCUT2D eigenvalue weighted by Gasteiger charge is -2.16. The average molecular weight is 467 g/mol. The first-order valence-corrected chi connectivity index (χ1v) is 9.58. The van der Waals surface area contributed by atoms with E-state index in [4.69, 9.17) is 16.0 Å². The largest absolute Gasteiger partial charge is 0.458 e. The molecule has 0 aliphatic rings. The second-order valence-electron chi connectivity index (χ2n) is 6.77. The lowest BCUT2D eigenvalue weighted by Crippen LogP contribution is -2.30. The van der Waals surface area contributed by atoms with Gasteiger partial charge in [-0.3, -0.25) is 4.79 Å². The van der Waals surface area contributed by atoms with Crippen LogP contribution in [-0.4, -0.2) is 38.8 Å². The highest BCUT2D eigenvalue weighted by molar-refractivity contribution is 6.35. The molecule has 3 heterocycles. The summed E-state index contributed by atoms with van der Waals surface area (Å²) >= 11 is 6.14. The number of halogens is 4. The van der Waals surface area contributed by atoms with Crippen LogP contribution in [0.1, 0.15) is 33.4 Å². The first kappa shape index (κ1) is 21.6. The van der Waals surface area contributed by atoms with Crippen molar-refractivity contribution in [3.8, 4) is 0 Å². The van der Waals surface area contributed by atoms with Gasteiger partial charge in [0, 0.05) is 17.8 Å². The molecular weight excluding hydrogens is 453 g/mol. The topological polar surface area (TPSA) is 98.7 Å². The number of hydrogen-bond acceptors (Lipinski definition) is 6. The molecular formula is C20H14ClF3N4O4. The van der Waals surface area contributed by atoms with Crippen molar-refractivity contribution in [3.05, 3.63) is 64.8 Å². The second kappa shape index (κ2) is 8.15. The van der Waals surface area contributed by atoms with Gasteiger partial charge in [0.25, 0.3) is 5.91 Å². The van der Waals surface area contributed by atoms with Crippen molar-refractivity contribution in [2.45, 2.75) is 25.7 Å². The number of ether oxygens (including phenoxy) is 1. The highest BCUT2D eigenvalue weighted by atomic mass is 35.5. The first-order chi connectivity index (χ1) is 15.1. The molecule has 0 spiro atoms. The Kier molecular flexibility index (Phi) is 5.51. The Hall–Kier alpha value is -3.60. The maximum absolute atomic E-state index is 12.7. The van der Waals surface area contributed by atoms with Crippen LogP contribution in [0.5, 0.6) is 0 Å². The molecule has 8 nitrogen and oxygen atoms in total. The summed E-state index contributed by atoms with van der Waals surface area (Å²) in [6.07, 6.45) is -2.47. The predicted octanol–water partition coefficient (Wildman–Crippen LogP) is 4.17. The van der Waals surface area contributed by atoms with E-state index >= 15 is 0 Å². The SMILES string of the molecule is CC(OC(=O)c1ccc(Cl)c2cc(CNC(=O)c3cnn4cccnc34)oc12)C(F)(F)F. The maximum Gasteiger partial charge on any atom is 0.425 e. The number of alkyl halides is 3. The molecule has 0 fully saturated rings. The summed E-state index contributed by atoms with van der Waals surface area (Å²) in [5.74, 6) is -1.45. The summed E-state index contributed by atoms with van der Waals surface area (Å²) in [5, 5.41) is 7.18. The lowest BCUT2D eigenvalue weighted by molar-refractivity contribution is -0.198. The fourth-order valence-electron chi connectivity index (χ4n) is 2.93. The molecule has 12 heteroatoms. The zero-order valence-corrected chi connectivity index (χ0v) is 17.1. The quantitative estimate of drug-likeness (QED) is 0.443. The minimum atomic E-state index is -4.70. The summed E-state index contributed by atoms with van der Waals surface area (Å²) in [6.45, 7) is 0.644. The molecule has 3 aromatic heterocycles. The van der Waals surface area contributed by atoms with Crippen LogP contribution in [0.4, 0.5) is 13.2 Å². The van der Waals surface area contributed by atoms with Crippen molar-refractivity contribution in [1.82, 2.24) is 19.9 Å². The molecule has 1 N–H and O–H groups in total. The molecule has 0 bridgehead atoms. The van der Waals surface area contributed by atoms with Gasteiger partial charge in [-0.2, -0.15) is 18.3 Å². The number of nitrogens with one attached hydrogen (secondary N) is 1. The minimum Gasteiger partial charge on any atom is -0.458 e. The van der Waals surface area contributed by atoms with E-state index in [1.165, 1.54) is 35.1 Å². The molecule has 32 heavy (non-hydrogen) atoms. The van der Waals surface area contributed by atoms with Crippen molar-refractivity contribution in [2.24, 2.45) is 0 Å². The summed E-state index contributed by atoms with van der Waals surface area (Å²) in [6, 6.07) is 5.71. The minimum absolute atomic E-state index is 0.0428. The van der Waals surface area contributed by atoms with E-state index in [2.05, 4.69) is 20.1 Å². The molecule has 166 valence electrons. The molecule has 0 saturated carbocycles. The molecule has 1 aromatic carbocycles. The van der Waals surface area contributed by atoms with Crippen LogP contribution in [0.2, 0.25) is 5.02 Å². The molecule has 1 atom stereocenters. The third-order valence-electron chi connectivity index (χ3n) is 4.59. The van der Waals surface area contributed by atoms with Crippen LogP contribution in [0.15, 0.2) is 47.3 Å². The molecule has 4 rings (SSSR count). The van der Waals surface area contributed by atoms with E-state index in [1.54, 1.807) is 12.3 Å². The lowest BCUT2D eigenvalue weighted by atomic mass is 10.1. The van der Waals surface area contributed by atoms with Crippen LogP contribution in [0.25, 0.3) is 16.6 Å². The van der Waals surface area contributed by atoms with Crippen LogP contribution in [-0.2, 0) is 11.3 Å². The monoisotopic (exact) mass is 466 g/mol. The van der Waals surface area contributed by atoms with Gasteiger partial charge in [-0.1, -0.05) is 11.6 Å². The number of carbonyl (C=O) groups excluding carboxylic acids is 2. The van der Waals surface area contributed by atoms with Crippen LogP contribution < -0.4 is 5.32 Å². The predicted molar refractivity (Wildman–Crippen MR) is 106 cm³/mol. The van der Waals surface area contributed by atoms with E-state index in [1.807, 2.05) is 0 Å². The molecule has 0 saturated heterocycles.